The van der Waals surface area contributed by atoms with E-state index in [2.05, 4.69) is 20.9 Å². The number of aromatic nitrogens is 1. The van der Waals surface area contributed by atoms with Gasteiger partial charge in [-0.05, 0) is 28.1 Å². The molecule has 0 amide bonds. The van der Waals surface area contributed by atoms with Gasteiger partial charge in [0.2, 0.25) is 0 Å². The molecule has 11 heavy (non-hydrogen) atoms. The molecule has 0 radical (unpaired) electrons. The highest BCUT2D eigenvalue weighted by atomic mass is 79.9. The van der Waals surface area contributed by atoms with E-state index >= 15 is 0 Å². The molecule has 1 heterocycles. The second-order valence-electron chi connectivity index (χ2n) is 2.32. The van der Waals surface area contributed by atoms with Crippen LogP contribution in [0.25, 0.3) is 10.8 Å². The fourth-order valence-corrected chi connectivity index (χ4v) is 1.54. The molecular weight excluding hydrogens is 209 g/mol. The maximum atomic E-state index is 12.9. The van der Waals surface area contributed by atoms with Crippen molar-refractivity contribution in [3.8, 4) is 0 Å². The number of hydrogen-bond donors (Lipinski definition) is 1. The van der Waals surface area contributed by atoms with Crippen molar-refractivity contribution >= 4 is 26.7 Å². The SMILES string of the molecule is Fc1ccc2c[nH]cc2c1Br. The molecule has 2 rings (SSSR count). The molecule has 0 aliphatic heterocycles. The Balaban J connectivity index is 2.93. The van der Waals surface area contributed by atoms with Gasteiger partial charge >= 0.3 is 0 Å². The highest BCUT2D eigenvalue weighted by Gasteiger charge is 2.03. The van der Waals surface area contributed by atoms with Crippen molar-refractivity contribution in [2.45, 2.75) is 0 Å². The zero-order chi connectivity index (χ0) is 7.84. The summed E-state index contributed by atoms with van der Waals surface area (Å²) in [6, 6.07) is 3.19. The van der Waals surface area contributed by atoms with Crippen LogP contribution in [0.1, 0.15) is 0 Å². The number of H-pyrrole nitrogens is 1. The van der Waals surface area contributed by atoms with Gasteiger partial charge in [0.05, 0.1) is 4.47 Å². The van der Waals surface area contributed by atoms with Gasteiger partial charge in [0.1, 0.15) is 5.82 Å². The van der Waals surface area contributed by atoms with E-state index in [-0.39, 0.29) is 5.82 Å². The molecule has 0 saturated heterocycles. The first kappa shape index (κ1) is 6.85. The lowest BCUT2D eigenvalue weighted by atomic mass is 10.2. The number of halogens is 2. The van der Waals surface area contributed by atoms with Gasteiger partial charge in [-0.3, -0.25) is 0 Å². The predicted molar refractivity (Wildman–Crippen MR) is 46.0 cm³/mol. The van der Waals surface area contributed by atoms with Gasteiger partial charge in [-0.1, -0.05) is 0 Å². The largest absolute Gasteiger partial charge is 0.366 e. The predicted octanol–water partition coefficient (Wildman–Crippen LogP) is 3.07. The van der Waals surface area contributed by atoms with Gasteiger partial charge < -0.3 is 4.98 Å². The van der Waals surface area contributed by atoms with Crippen molar-refractivity contribution in [2.75, 3.05) is 0 Å². The van der Waals surface area contributed by atoms with Gasteiger partial charge in [0.15, 0.2) is 0 Å². The highest BCUT2D eigenvalue weighted by molar-refractivity contribution is 9.10. The second kappa shape index (κ2) is 2.34. The van der Waals surface area contributed by atoms with E-state index in [1.54, 1.807) is 12.3 Å². The van der Waals surface area contributed by atoms with Crippen LogP contribution >= 0.6 is 15.9 Å². The molecule has 1 aromatic heterocycles. The molecule has 0 bridgehead atoms. The van der Waals surface area contributed by atoms with E-state index in [1.165, 1.54) is 6.07 Å². The van der Waals surface area contributed by atoms with Crippen molar-refractivity contribution in [2.24, 2.45) is 0 Å². The Bertz CT molecular complexity index is 394. The Morgan fingerprint density at radius 1 is 1.27 bits per heavy atom. The van der Waals surface area contributed by atoms with Crippen LogP contribution in [0.15, 0.2) is 29.0 Å². The summed E-state index contributed by atoms with van der Waals surface area (Å²) in [5.41, 5.74) is 0. The Morgan fingerprint density at radius 3 is 2.91 bits per heavy atom. The molecule has 0 spiro atoms. The molecule has 0 aliphatic rings. The molecule has 1 nitrogen and oxygen atoms in total. The van der Waals surface area contributed by atoms with Crippen molar-refractivity contribution in [1.29, 1.82) is 0 Å². The minimum absolute atomic E-state index is 0.225. The third-order valence-corrected chi connectivity index (χ3v) is 2.44. The lowest BCUT2D eigenvalue weighted by Gasteiger charge is -1.94. The average Bonchev–Trinajstić information content (AvgIpc) is 2.45. The average molecular weight is 214 g/mol. The standard InChI is InChI=1S/C8H5BrFN/c9-8-6-4-11-3-5(6)1-2-7(8)10/h1-4,11H. The van der Waals surface area contributed by atoms with Crippen molar-refractivity contribution in [3.63, 3.8) is 0 Å². The summed E-state index contributed by atoms with van der Waals surface area (Å²) in [5.74, 6) is -0.225. The van der Waals surface area contributed by atoms with Crippen molar-refractivity contribution < 1.29 is 4.39 Å². The van der Waals surface area contributed by atoms with Crippen LogP contribution in [0.4, 0.5) is 4.39 Å². The van der Waals surface area contributed by atoms with E-state index < -0.39 is 0 Å². The number of aromatic amines is 1. The lowest BCUT2D eigenvalue weighted by molar-refractivity contribution is 0.623. The van der Waals surface area contributed by atoms with Crippen LogP contribution in [0.3, 0.4) is 0 Å². The lowest BCUT2D eigenvalue weighted by Crippen LogP contribution is -1.75. The Kier molecular flexibility index (Phi) is 1.46. The third kappa shape index (κ3) is 0.959. The van der Waals surface area contributed by atoms with Crippen molar-refractivity contribution in [3.05, 3.63) is 34.8 Å². The fourth-order valence-electron chi connectivity index (χ4n) is 1.07. The summed E-state index contributed by atoms with van der Waals surface area (Å²) in [4.78, 5) is 2.91. The number of benzene rings is 1. The quantitative estimate of drug-likeness (QED) is 0.693. The number of nitrogens with one attached hydrogen (secondary N) is 1. The van der Waals surface area contributed by atoms with Gasteiger partial charge in [-0.15, -0.1) is 0 Å². The summed E-state index contributed by atoms with van der Waals surface area (Å²) in [6.07, 6.45) is 3.60. The maximum Gasteiger partial charge on any atom is 0.138 e. The molecule has 1 aromatic carbocycles. The second-order valence-corrected chi connectivity index (χ2v) is 3.11. The summed E-state index contributed by atoms with van der Waals surface area (Å²) >= 11 is 3.16. The van der Waals surface area contributed by atoms with E-state index in [0.29, 0.717) is 4.47 Å². The van der Waals surface area contributed by atoms with E-state index in [0.717, 1.165) is 10.8 Å². The molecule has 2 aromatic rings. The fraction of sp³-hybridized carbons (Fsp3) is 0. The minimum Gasteiger partial charge on any atom is -0.366 e. The number of fused-ring (bicyclic) bond motifs is 1. The number of rotatable bonds is 0. The Morgan fingerprint density at radius 2 is 2.09 bits per heavy atom. The van der Waals surface area contributed by atoms with Crippen molar-refractivity contribution in [1.82, 2.24) is 4.98 Å². The number of hydrogen-bond acceptors (Lipinski definition) is 0. The molecule has 0 aliphatic carbocycles. The molecule has 0 saturated carbocycles. The maximum absolute atomic E-state index is 12.9. The van der Waals surface area contributed by atoms with E-state index in [4.69, 9.17) is 0 Å². The monoisotopic (exact) mass is 213 g/mol. The summed E-state index contributed by atoms with van der Waals surface area (Å²) < 4.78 is 13.4. The third-order valence-electron chi connectivity index (χ3n) is 1.63. The van der Waals surface area contributed by atoms with Gasteiger partial charge in [-0.2, -0.15) is 0 Å². The molecule has 56 valence electrons. The first-order chi connectivity index (χ1) is 5.29. The van der Waals surface area contributed by atoms with Gasteiger partial charge in [0, 0.05) is 23.2 Å². The van der Waals surface area contributed by atoms with Crippen LogP contribution in [-0.4, -0.2) is 4.98 Å². The molecular formula is C8H5BrFN. The van der Waals surface area contributed by atoms with Crippen LogP contribution in [-0.2, 0) is 0 Å². The van der Waals surface area contributed by atoms with Gasteiger partial charge in [0.25, 0.3) is 0 Å². The molecule has 1 N–H and O–H groups in total. The molecule has 0 fully saturated rings. The van der Waals surface area contributed by atoms with Crippen LogP contribution in [0.5, 0.6) is 0 Å². The van der Waals surface area contributed by atoms with Crippen LogP contribution < -0.4 is 0 Å². The zero-order valence-electron chi connectivity index (χ0n) is 5.57. The first-order valence-electron chi connectivity index (χ1n) is 3.19. The smallest absolute Gasteiger partial charge is 0.138 e. The topological polar surface area (TPSA) is 15.8 Å². The molecule has 0 atom stereocenters. The zero-order valence-corrected chi connectivity index (χ0v) is 7.15. The molecule has 0 unspecified atom stereocenters. The normalized spacial score (nSPS) is 10.7. The van der Waals surface area contributed by atoms with E-state index in [1.807, 2.05) is 6.20 Å². The summed E-state index contributed by atoms with van der Waals surface area (Å²) in [5, 5.41) is 1.89. The first-order valence-corrected chi connectivity index (χ1v) is 3.99. The van der Waals surface area contributed by atoms with E-state index in [9.17, 15) is 4.39 Å². The summed E-state index contributed by atoms with van der Waals surface area (Å²) in [6.45, 7) is 0. The Hall–Kier alpha value is -0.830. The van der Waals surface area contributed by atoms with Crippen LogP contribution in [0.2, 0.25) is 0 Å². The highest BCUT2D eigenvalue weighted by Crippen LogP contribution is 2.25. The minimum atomic E-state index is -0.225. The van der Waals surface area contributed by atoms with Gasteiger partial charge in [-0.25, -0.2) is 4.39 Å². The Labute approximate surface area is 71.4 Å². The molecule has 3 heteroatoms. The van der Waals surface area contributed by atoms with Crippen LogP contribution in [0, 0.1) is 5.82 Å². The summed E-state index contributed by atoms with van der Waals surface area (Å²) in [7, 11) is 0.